The summed E-state index contributed by atoms with van der Waals surface area (Å²) in [7, 11) is 0. The van der Waals surface area contributed by atoms with Crippen LogP contribution in [0.1, 0.15) is 12.0 Å². The number of ether oxygens (including phenoxy) is 1. The van der Waals surface area contributed by atoms with Gasteiger partial charge in [0, 0.05) is 62.2 Å². The van der Waals surface area contributed by atoms with Crippen LogP contribution in [0.15, 0.2) is 43.0 Å². The van der Waals surface area contributed by atoms with Gasteiger partial charge in [0.2, 0.25) is 11.9 Å². The molecule has 7 nitrogen and oxygen atoms in total. The van der Waals surface area contributed by atoms with Crippen molar-refractivity contribution in [1.29, 1.82) is 0 Å². The smallest absolute Gasteiger partial charge is 0.225 e. The van der Waals surface area contributed by atoms with E-state index in [0.29, 0.717) is 32.1 Å². The zero-order valence-corrected chi connectivity index (χ0v) is 14.0. The van der Waals surface area contributed by atoms with Crippen LogP contribution in [0.4, 0.5) is 5.95 Å². The summed E-state index contributed by atoms with van der Waals surface area (Å²) in [4.78, 5) is 27.4. The van der Waals surface area contributed by atoms with Gasteiger partial charge in [-0.15, -0.1) is 0 Å². The van der Waals surface area contributed by atoms with Crippen LogP contribution < -0.4 is 10.2 Å². The number of fused-ring (bicyclic) bond motifs is 1. The number of hydrogen-bond acceptors (Lipinski definition) is 6. The average molecular weight is 339 g/mol. The van der Waals surface area contributed by atoms with Crippen molar-refractivity contribution in [3.05, 3.63) is 48.5 Å². The summed E-state index contributed by atoms with van der Waals surface area (Å²) in [5, 5.41) is 3.00. The standard InChI is InChI=1S/C18H21N5O2/c24-16(22-9-14-3-1-4-19-8-14)7-18-12-23(10-15(18)11-25-13-18)17-20-5-2-6-21-17/h1-6,8,15H,7,9-13H2,(H,22,24)/t15-,18+/m0/s1. The molecule has 0 bridgehead atoms. The second-order valence-electron chi connectivity index (χ2n) is 6.82. The Balaban J connectivity index is 1.40. The highest BCUT2D eigenvalue weighted by molar-refractivity contribution is 5.77. The van der Waals surface area contributed by atoms with Crippen molar-refractivity contribution in [2.75, 3.05) is 31.2 Å². The molecule has 2 atom stereocenters. The zero-order chi connectivity index (χ0) is 17.1. The lowest BCUT2D eigenvalue weighted by molar-refractivity contribution is -0.123. The van der Waals surface area contributed by atoms with Crippen molar-refractivity contribution < 1.29 is 9.53 Å². The summed E-state index contributed by atoms with van der Waals surface area (Å²) in [6.07, 6.45) is 7.45. The highest BCUT2D eigenvalue weighted by Gasteiger charge is 2.52. The fourth-order valence-electron chi connectivity index (χ4n) is 3.77. The first-order chi connectivity index (χ1) is 12.3. The molecule has 0 aliphatic carbocycles. The topological polar surface area (TPSA) is 80.2 Å². The summed E-state index contributed by atoms with van der Waals surface area (Å²) >= 11 is 0. The van der Waals surface area contributed by atoms with E-state index in [1.807, 2.05) is 18.2 Å². The lowest BCUT2D eigenvalue weighted by Crippen LogP contribution is -2.37. The molecule has 2 fully saturated rings. The molecule has 2 aromatic heterocycles. The molecule has 0 aromatic carbocycles. The molecular formula is C18H21N5O2. The Morgan fingerprint density at radius 2 is 2.20 bits per heavy atom. The zero-order valence-electron chi connectivity index (χ0n) is 14.0. The van der Waals surface area contributed by atoms with Crippen LogP contribution in [-0.4, -0.2) is 47.2 Å². The fourth-order valence-corrected chi connectivity index (χ4v) is 3.77. The molecule has 25 heavy (non-hydrogen) atoms. The Hall–Kier alpha value is -2.54. The second kappa shape index (κ2) is 6.76. The highest BCUT2D eigenvalue weighted by atomic mass is 16.5. The van der Waals surface area contributed by atoms with Gasteiger partial charge in [-0.2, -0.15) is 0 Å². The van der Waals surface area contributed by atoms with Crippen LogP contribution in [0.5, 0.6) is 0 Å². The van der Waals surface area contributed by atoms with E-state index in [-0.39, 0.29) is 11.3 Å². The number of nitrogens with zero attached hydrogens (tertiary/aromatic N) is 4. The average Bonchev–Trinajstić information content (AvgIpc) is 3.18. The van der Waals surface area contributed by atoms with Gasteiger partial charge in [0.15, 0.2) is 0 Å². The third kappa shape index (κ3) is 3.32. The first kappa shape index (κ1) is 16.0. The maximum atomic E-state index is 12.5. The molecule has 1 N–H and O–H groups in total. The first-order valence-corrected chi connectivity index (χ1v) is 8.50. The number of carbonyl (C=O) groups excluding carboxylic acids is 1. The fraction of sp³-hybridized carbons (Fsp3) is 0.444. The minimum absolute atomic E-state index is 0.0511. The maximum absolute atomic E-state index is 12.5. The Morgan fingerprint density at radius 1 is 1.32 bits per heavy atom. The Kier molecular flexibility index (Phi) is 4.31. The summed E-state index contributed by atoms with van der Waals surface area (Å²) in [6.45, 7) is 3.39. The van der Waals surface area contributed by atoms with E-state index >= 15 is 0 Å². The van der Waals surface area contributed by atoms with Crippen LogP contribution >= 0.6 is 0 Å². The minimum atomic E-state index is -0.155. The lowest BCUT2D eigenvalue weighted by Gasteiger charge is -2.26. The quantitative estimate of drug-likeness (QED) is 0.876. The number of nitrogens with one attached hydrogen (secondary N) is 1. The summed E-state index contributed by atoms with van der Waals surface area (Å²) in [5.74, 6) is 1.11. The van der Waals surface area contributed by atoms with Crippen LogP contribution in [0, 0.1) is 11.3 Å². The molecule has 2 aliphatic rings. The van der Waals surface area contributed by atoms with Gasteiger partial charge in [-0.3, -0.25) is 9.78 Å². The van der Waals surface area contributed by atoms with E-state index in [9.17, 15) is 4.79 Å². The van der Waals surface area contributed by atoms with Crippen LogP contribution in [0.3, 0.4) is 0 Å². The second-order valence-corrected chi connectivity index (χ2v) is 6.82. The molecule has 7 heteroatoms. The van der Waals surface area contributed by atoms with E-state index in [1.54, 1.807) is 24.8 Å². The molecule has 0 radical (unpaired) electrons. The van der Waals surface area contributed by atoms with Crippen molar-refractivity contribution in [1.82, 2.24) is 20.3 Å². The summed E-state index contributed by atoms with van der Waals surface area (Å²) < 4.78 is 5.71. The van der Waals surface area contributed by atoms with Gasteiger partial charge >= 0.3 is 0 Å². The van der Waals surface area contributed by atoms with E-state index in [4.69, 9.17) is 4.74 Å². The van der Waals surface area contributed by atoms with E-state index < -0.39 is 0 Å². The number of rotatable bonds is 5. The summed E-state index contributed by atoms with van der Waals surface area (Å²) in [6, 6.07) is 5.64. The third-order valence-electron chi connectivity index (χ3n) is 5.08. The molecule has 4 heterocycles. The predicted molar refractivity (Wildman–Crippen MR) is 91.7 cm³/mol. The molecule has 0 saturated carbocycles. The van der Waals surface area contributed by atoms with Gasteiger partial charge in [-0.05, 0) is 17.7 Å². The number of anilines is 1. The lowest BCUT2D eigenvalue weighted by atomic mass is 9.78. The molecular weight excluding hydrogens is 318 g/mol. The largest absolute Gasteiger partial charge is 0.380 e. The highest BCUT2D eigenvalue weighted by Crippen LogP contribution is 2.44. The molecule has 0 spiro atoms. The number of carbonyl (C=O) groups is 1. The predicted octanol–water partition coefficient (Wildman–Crippen LogP) is 1.03. The van der Waals surface area contributed by atoms with Crippen LogP contribution in [0.25, 0.3) is 0 Å². The van der Waals surface area contributed by atoms with Crippen molar-refractivity contribution in [3.8, 4) is 0 Å². The van der Waals surface area contributed by atoms with Crippen LogP contribution in [-0.2, 0) is 16.1 Å². The van der Waals surface area contributed by atoms with Gasteiger partial charge in [-0.1, -0.05) is 6.07 Å². The molecule has 4 rings (SSSR count). The van der Waals surface area contributed by atoms with Crippen molar-refractivity contribution >= 4 is 11.9 Å². The number of hydrogen-bond donors (Lipinski definition) is 1. The number of pyridine rings is 1. The molecule has 2 saturated heterocycles. The van der Waals surface area contributed by atoms with Crippen molar-refractivity contribution in [2.24, 2.45) is 11.3 Å². The normalized spacial score (nSPS) is 25.0. The molecule has 1 amide bonds. The van der Waals surface area contributed by atoms with Crippen molar-refractivity contribution in [3.63, 3.8) is 0 Å². The Labute approximate surface area is 146 Å². The molecule has 2 aliphatic heterocycles. The molecule has 0 unspecified atom stereocenters. The Morgan fingerprint density at radius 3 is 3.00 bits per heavy atom. The van der Waals surface area contributed by atoms with E-state index in [2.05, 4.69) is 25.2 Å². The first-order valence-electron chi connectivity index (χ1n) is 8.50. The summed E-state index contributed by atoms with van der Waals surface area (Å²) in [5.41, 5.74) is 0.844. The minimum Gasteiger partial charge on any atom is -0.380 e. The van der Waals surface area contributed by atoms with E-state index in [0.717, 1.165) is 24.6 Å². The SMILES string of the molecule is O=C(C[C@@]12COC[C@@H]1CN(c1ncccn1)C2)NCc1cccnc1. The van der Waals surface area contributed by atoms with Crippen LogP contribution in [0.2, 0.25) is 0 Å². The Bertz CT molecular complexity index is 727. The van der Waals surface area contributed by atoms with Gasteiger partial charge in [0.1, 0.15) is 0 Å². The third-order valence-corrected chi connectivity index (χ3v) is 5.08. The molecule has 2 aromatic rings. The van der Waals surface area contributed by atoms with Gasteiger partial charge in [0.05, 0.1) is 13.2 Å². The van der Waals surface area contributed by atoms with Crippen molar-refractivity contribution in [2.45, 2.75) is 13.0 Å². The maximum Gasteiger partial charge on any atom is 0.225 e. The monoisotopic (exact) mass is 339 g/mol. The van der Waals surface area contributed by atoms with Gasteiger partial charge < -0.3 is 15.0 Å². The van der Waals surface area contributed by atoms with Gasteiger partial charge in [0.25, 0.3) is 0 Å². The van der Waals surface area contributed by atoms with Gasteiger partial charge in [-0.25, -0.2) is 9.97 Å². The number of aromatic nitrogens is 3. The van der Waals surface area contributed by atoms with E-state index in [1.165, 1.54) is 0 Å². The number of amides is 1. The molecule has 130 valence electrons.